The number of nitrogens with zero attached hydrogens (tertiary/aromatic N) is 1. The fourth-order valence-corrected chi connectivity index (χ4v) is 2.79. The molecule has 2 N–H and O–H groups in total. The van der Waals surface area contributed by atoms with Gasteiger partial charge in [-0.2, -0.15) is 0 Å². The highest BCUT2D eigenvalue weighted by molar-refractivity contribution is 5.52. The molecule has 1 aromatic rings. The third kappa shape index (κ3) is 3.28. The van der Waals surface area contributed by atoms with Gasteiger partial charge in [0.15, 0.2) is 0 Å². The lowest BCUT2D eigenvalue weighted by Gasteiger charge is -2.43. The van der Waals surface area contributed by atoms with E-state index in [2.05, 4.69) is 43.1 Å². The summed E-state index contributed by atoms with van der Waals surface area (Å²) in [6, 6.07) is 8.89. The van der Waals surface area contributed by atoms with E-state index in [0.29, 0.717) is 6.04 Å². The fourth-order valence-electron chi connectivity index (χ4n) is 2.79. The molecule has 3 nitrogen and oxygen atoms in total. The number of aliphatic hydroxyl groups excluding tert-OH is 1. The third-order valence-electron chi connectivity index (χ3n) is 4.33. The average Bonchev–Trinajstić information content (AvgIpc) is 2.42. The molecule has 1 saturated heterocycles. The van der Waals surface area contributed by atoms with Crippen molar-refractivity contribution in [2.24, 2.45) is 0 Å². The van der Waals surface area contributed by atoms with E-state index in [0.717, 1.165) is 31.6 Å². The quantitative estimate of drug-likeness (QED) is 0.875. The van der Waals surface area contributed by atoms with Crippen LogP contribution in [0.1, 0.15) is 32.3 Å². The van der Waals surface area contributed by atoms with Gasteiger partial charge in [0.05, 0.1) is 12.1 Å². The van der Waals surface area contributed by atoms with Crippen molar-refractivity contribution in [2.45, 2.75) is 45.2 Å². The topological polar surface area (TPSA) is 35.5 Å². The molecule has 1 aliphatic rings. The Morgan fingerprint density at radius 1 is 1.26 bits per heavy atom. The van der Waals surface area contributed by atoms with Crippen LogP contribution in [-0.2, 0) is 0 Å². The smallest absolute Gasteiger partial charge is 0.0662 e. The number of para-hydroxylation sites is 1. The summed E-state index contributed by atoms with van der Waals surface area (Å²) in [7, 11) is 0. The molecule has 0 unspecified atom stereocenters. The number of aliphatic hydroxyl groups is 1. The molecule has 19 heavy (non-hydrogen) atoms. The minimum absolute atomic E-state index is 0.155. The van der Waals surface area contributed by atoms with Gasteiger partial charge in [-0.25, -0.2) is 0 Å². The zero-order valence-electron chi connectivity index (χ0n) is 12.3. The number of anilines is 1. The van der Waals surface area contributed by atoms with Crippen LogP contribution >= 0.6 is 0 Å². The standard InChI is InChI=1S/C16H26N2O/c1-13(2)18-10-8-16(12-19,9-11-18)17-15-7-5-4-6-14(15)3/h4-7,13,17,19H,8-12H2,1-3H3. The van der Waals surface area contributed by atoms with Gasteiger partial charge in [0.25, 0.3) is 0 Å². The van der Waals surface area contributed by atoms with Crippen molar-refractivity contribution < 1.29 is 5.11 Å². The zero-order valence-corrected chi connectivity index (χ0v) is 12.3. The zero-order chi connectivity index (χ0) is 13.9. The number of hydrogen-bond acceptors (Lipinski definition) is 3. The molecule has 3 heteroatoms. The lowest BCUT2D eigenvalue weighted by molar-refractivity contribution is 0.101. The molecular formula is C16H26N2O. The van der Waals surface area contributed by atoms with E-state index in [-0.39, 0.29) is 12.1 Å². The lowest BCUT2D eigenvalue weighted by Crippen LogP contribution is -2.53. The molecule has 1 heterocycles. The van der Waals surface area contributed by atoms with Gasteiger partial charge in [0, 0.05) is 24.8 Å². The molecule has 0 aliphatic carbocycles. The van der Waals surface area contributed by atoms with Crippen LogP contribution in [0.15, 0.2) is 24.3 Å². The summed E-state index contributed by atoms with van der Waals surface area (Å²) >= 11 is 0. The molecule has 0 saturated carbocycles. The van der Waals surface area contributed by atoms with Gasteiger partial charge in [0.1, 0.15) is 0 Å². The molecule has 0 spiro atoms. The minimum atomic E-state index is -0.155. The van der Waals surface area contributed by atoms with Crippen molar-refractivity contribution in [2.75, 3.05) is 25.0 Å². The first-order valence-electron chi connectivity index (χ1n) is 7.25. The highest BCUT2D eigenvalue weighted by Gasteiger charge is 2.34. The Labute approximate surface area is 116 Å². The molecule has 1 fully saturated rings. The Balaban J connectivity index is 2.07. The second-order valence-corrected chi connectivity index (χ2v) is 6.01. The van der Waals surface area contributed by atoms with Gasteiger partial charge in [-0.3, -0.25) is 0 Å². The van der Waals surface area contributed by atoms with Gasteiger partial charge in [-0.1, -0.05) is 18.2 Å². The Hall–Kier alpha value is -1.06. The van der Waals surface area contributed by atoms with Gasteiger partial charge in [-0.05, 0) is 45.2 Å². The molecule has 1 aromatic carbocycles. The van der Waals surface area contributed by atoms with Crippen molar-refractivity contribution in [3.05, 3.63) is 29.8 Å². The van der Waals surface area contributed by atoms with Gasteiger partial charge >= 0.3 is 0 Å². The van der Waals surface area contributed by atoms with Crippen LogP contribution in [0, 0.1) is 6.92 Å². The number of piperidine rings is 1. The fraction of sp³-hybridized carbons (Fsp3) is 0.625. The molecule has 106 valence electrons. The number of rotatable bonds is 4. The van der Waals surface area contributed by atoms with Crippen molar-refractivity contribution in [3.8, 4) is 0 Å². The Kier molecular flexibility index (Phi) is 4.48. The molecule has 0 aromatic heterocycles. The highest BCUT2D eigenvalue weighted by Crippen LogP contribution is 2.28. The Bertz CT molecular complexity index is 409. The van der Waals surface area contributed by atoms with E-state index in [4.69, 9.17) is 0 Å². The SMILES string of the molecule is Cc1ccccc1NC1(CO)CCN(C(C)C)CC1. The highest BCUT2D eigenvalue weighted by atomic mass is 16.3. The van der Waals surface area contributed by atoms with Crippen LogP contribution in [0.2, 0.25) is 0 Å². The molecule has 0 bridgehead atoms. The maximum Gasteiger partial charge on any atom is 0.0662 e. The molecule has 1 aliphatic heterocycles. The second kappa shape index (κ2) is 5.93. The number of aryl methyl sites for hydroxylation is 1. The Morgan fingerprint density at radius 3 is 2.42 bits per heavy atom. The number of hydrogen-bond donors (Lipinski definition) is 2. The normalized spacial score (nSPS) is 19.6. The van der Waals surface area contributed by atoms with E-state index in [1.807, 2.05) is 12.1 Å². The monoisotopic (exact) mass is 262 g/mol. The number of likely N-dealkylation sites (tertiary alicyclic amines) is 1. The van der Waals surface area contributed by atoms with Crippen LogP contribution in [0.3, 0.4) is 0 Å². The van der Waals surface area contributed by atoms with Crippen molar-refractivity contribution >= 4 is 5.69 Å². The molecule has 0 amide bonds. The summed E-state index contributed by atoms with van der Waals surface area (Å²) in [5.74, 6) is 0. The van der Waals surface area contributed by atoms with Crippen LogP contribution < -0.4 is 5.32 Å². The van der Waals surface area contributed by atoms with Crippen LogP contribution in [0.5, 0.6) is 0 Å². The maximum atomic E-state index is 9.84. The minimum Gasteiger partial charge on any atom is -0.394 e. The predicted molar refractivity (Wildman–Crippen MR) is 80.6 cm³/mol. The van der Waals surface area contributed by atoms with Gasteiger partial charge < -0.3 is 15.3 Å². The number of nitrogens with one attached hydrogen (secondary N) is 1. The first-order valence-corrected chi connectivity index (χ1v) is 7.25. The van der Waals surface area contributed by atoms with Crippen LogP contribution in [0.4, 0.5) is 5.69 Å². The summed E-state index contributed by atoms with van der Waals surface area (Å²) in [4.78, 5) is 2.48. The van der Waals surface area contributed by atoms with Crippen LogP contribution in [0.25, 0.3) is 0 Å². The molecule has 0 radical (unpaired) electrons. The number of benzene rings is 1. The largest absolute Gasteiger partial charge is 0.394 e. The van der Waals surface area contributed by atoms with E-state index >= 15 is 0 Å². The lowest BCUT2D eigenvalue weighted by atomic mass is 9.87. The van der Waals surface area contributed by atoms with E-state index in [1.165, 1.54) is 5.56 Å². The third-order valence-corrected chi connectivity index (χ3v) is 4.33. The molecule has 2 rings (SSSR count). The van der Waals surface area contributed by atoms with Crippen molar-refractivity contribution in [3.63, 3.8) is 0 Å². The summed E-state index contributed by atoms with van der Waals surface area (Å²) in [6.45, 7) is 8.89. The summed E-state index contributed by atoms with van der Waals surface area (Å²) in [5.41, 5.74) is 2.23. The Morgan fingerprint density at radius 2 is 1.89 bits per heavy atom. The average molecular weight is 262 g/mol. The van der Waals surface area contributed by atoms with Gasteiger partial charge in [-0.15, -0.1) is 0 Å². The van der Waals surface area contributed by atoms with Crippen LogP contribution in [-0.4, -0.2) is 41.3 Å². The molecular weight excluding hydrogens is 236 g/mol. The van der Waals surface area contributed by atoms with E-state index < -0.39 is 0 Å². The molecule has 0 atom stereocenters. The summed E-state index contributed by atoms with van der Waals surface area (Å²) in [5, 5.41) is 13.4. The van der Waals surface area contributed by atoms with E-state index in [1.54, 1.807) is 0 Å². The first kappa shape index (κ1) is 14.4. The summed E-state index contributed by atoms with van der Waals surface area (Å²) in [6.07, 6.45) is 1.99. The van der Waals surface area contributed by atoms with E-state index in [9.17, 15) is 5.11 Å². The van der Waals surface area contributed by atoms with Crippen molar-refractivity contribution in [1.82, 2.24) is 4.90 Å². The summed E-state index contributed by atoms with van der Waals surface area (Å²) < 4.78 is 0. The second-order valence-electron chi connectivity index (χ2n) is 6.01. The maximum absolute atomic E-state index is 9.84. The van der Waals surface area contributed by atoms with Crippen molar-refractivity contribution in [1.29, 1.82) is 0 Å². The first-order chi connectivity index (χ1) is 9.06. The predicted octanol–water partition coefficient (Wildman–Crippen LogP) is 2.64. The van der Waals surface area contributed by atoms with Gasteiger partial charge in [0.2, 0.25) is 0 Å².